The molecule has 4 atom stereocenters. The van der Waals surface area contributed by atoms with Crippen molar-refractivity contribution in [2.75, 3.05) is 27.4 Å². The highest BCUT2D eigenvalue weighted by Crippen LogP contribution is 2.49. The van der Waals surface area contributed by atoms with Gasteiger partial charge >= 0.3 is 5.97 Å². The topological polar surface area (TPSA) is 123 Å². The molecule has 10 heteroatoms. The van der Waals surface area contributed by atoms with E-state index in [-0.39, 0.29) is 58.3 Å². The number of carboxylic acids is 1. The van der Waals surface area contributed by atoms with E-state index in [0.29, 0.717) is 38.8 Å². The molecule has 0 radical (unpaired) electrons. The molecule has 4 aliphatic rings. The van der Waals surface area contributed by atoms with Gasteiger partial charge in [0.1, 0.15) is 5.75 Å². The van der Waals surface area contributed by atoms with Crippen LogP contribution >= 0.6 is 0 Å². The van der Waals surface area contributed by atoms with Crippen molar-refractivity contribution >= 4 is 17.8 Å². The molecule has 4 saturated carbocycles. The molecule has 2 amide bonds. The van der Waals surface area contributed by atoms with E-state index in [1.54, 1.807) is 14.0 Å². The van der Waals surface area contributed by atoms with Crippen molar-refractivity contribution < 1.29 is 38.1 Å². The molecule has 0 spiro atoms. The average molecular weight is 575 g/mol. The van der Waals surface area contributed by atoms with Crippen LogP contribution < -0.4 is 20.1 Å². The Morgan fingerprint density at radius 2 is 1.73 bits per heavy atom. The molecule has 9 nitrogen and oxygen atoms in total. The third-order valence-corrected chi connectivity index (χ3v) is 10.4. The summed E-state index contributed by atoms with van der Waals surface area (Å²) in [6.07, 6.45) is 7.49. The van der Waals surface area contributed by atoms with Gasteiger partial charge in [-0.05, 0) is 82.6 Å². The summed E-state index contributed by atoms with van der Waals surface area (Å²) in [6.45, 7) is 2.92. The van der Waals surface area contributed by atoms with Gasteiger partial charge in [0, 0.05) is 31.2 Å². The Bertz CT molecular complexity index is 1160. The minimum Gasteiger partial charge on any atom is -0.496 e. The van der Waals surface area contributed by atoms with Crippen molar-refractivity contribution in [3.05, 3.63) is 23.5 Å². The highest BCUT2D eigenvalue weighted by atomic mass is 19.1. The van der Waals surface area contributed by atoms with Gasteiger partial charge in [0.25, 0.3) is 5.91 Å². The monoisotopic (exact) mass is 574 g/mol. The van der Waals surface area contributed by atoms with E-state index in [2.05, 4.69) is 10.6 Å². The molecular weight excluding hydrogens is 531 g/mol. The van der Waals surface area contributed by atoms with Gasteiger partial charge in [-0.1, -0.05) is 6.42 Å². The first-order chi connectivity index (χ1) is 19.6. The Balaban J connectivity index is 1.27. The molecule has 4 aliphatic carbocycles. The molecule has 4 fully saturated rings. The molecule has 41 heavy (non-hydrogen) atoms. The highest BCUT2D eigenvalue weighted by Gasteiger charge is 2.52. The molecule has 1 aromatic rings. The first-order valence-corrected chi connectivity index (χ1v) is 14.9. The largest absolute Gasteiger partial charge is 0.496 e. The number of hydrogen-bond donors (Lipinski definition) is 3. The number of carbonyl (C=O) groups is 3. The third-order valence-electron chi connectivity index (χ3n) is 10.4. The molecule has 3 N–H and O–H groups in total. The normalized spacial score (nSPS) is 31.7. The zero-order valence-electron chi connectivity index (χ0n) is 24.3. The van der Waals surface area contributed by atoms with Gasteiger partial charge < -0.3 is 30.0 Å². The third kappa shape index (κ3) is 5.90. The first-order valence-electron chi connectivity index (χ1n) is 14.9. The van der Waals surface area contributed by atoms with Crippen LogP contribution in [0.1, 0.15) is 81.5 Å². The lowest BCUT2D eigenvalue weighted by atomic mass is 9.69. The molecule has 0 saturated heterocycles. The van der Waals surface area contributed by atoms with E-state index >= 15 is 0 Å². The van der Waals surface area contributed by atoms with E-state index in [1.165, 1.54) is 13.2 Å². The van der Waals surface area contributed by atoms with Gasteiger partial charge in [0.05, 0.1) is 36.7 Å². The Labute approximate surface area is 240 Å². The number of ether oxygens (including phenoxy) is 3. The van der Waals surface area contributed by atoms with Crippen LogP contribution in [-0.2, 0) is 14.3 Å². The van der Waals surface area contributed by atoms with Crippen molar-refractivity contribution in [2.24, 2.45) is 28.6 Å². The van der Waals surface area contributed by atoms with Crippen molar-refractivity contribution in [1.29, 1.82) is 0 Å². The van der Waals surface area contributed by atoms with Gasteiger partial charge in [-0.2, -0.15) is 0 Å². The number of nitrogens with one attached hydrogen (secondary N) is 2. The Morgan fingerprint density at radius 1 is 1.02 bits per heavy atom. The molecule has 2 bridgehead atoms. The molecule has 0 aliphatic heterocycles. The first kappa shape index (κ1) is 29.6. The summed E-state index contributed by atoms with van der Waals surface area (Å²) in [6, 6.07) is 2.20. The summed E-state index contributed by atoms with van der Waals surface area (Å²) in [5.41, 5.74) is -0.663. The van der Waals surface area contributed by atoms with Crippen LogP contribution in [0.5, 0.6) is 11.5 Å². The van der Waals surface area contributed by atoms with Crippen molar-refractivity contribution in [1.82, 2.24) is 10.6 Å². The number of hydrogen-bond acceptors (Lipinski definition) is 6. The summed E-state index contributed by atoms with van der Waals surface area (Å²) >= 11 is 0. The minimum atomic E-state index is -0.837. The number of halogens is 1. The minimum absolute atomic E-state index is 0.00321. The standard InChI is InChI=1S/C31H43FN2O7/c1-30(29(37)38)11-7-20(8-12-30)41-24-14-21(23(40-3)15-22(24)32)27(35)34-26-19-6-5-18(13-19)25(26)28(36)33-16-31(17-39-2)9-4-10-31/h14-15,18-20,25-26H,4-13,16-17H2,1-3H3,(H,33,36)(H,34,35)(H,37,38)/t18-,19+,20-,25+,26-,30+/m1/s1. The molecule has 0 heterocycles. The fraction of sp³-hybridized carbons (Fsp3) is 0.710. The number of rotatable bonds is 11. The average Bonchev–Trinajstić information content (AvgIpc) is 3.54. The fourth-order valence-electron chi connectivity index (χ4n) is 7.56. The maximum atomic E-state index is 15.0. The van der Waals surface area contributed by atoms with Gasteiger partial charge in [0.15, 0.2) is 11.6 Å². The second-order valence-electron chi connectivity index (χ2n) is 13.0. The van der Waals surface area contributed by atoms with Gasteiger partial charge in [-0.15, -0.1) is 0 Å². The Kier molecular flexibility index (Phi) is 8.51. The maximum absolute atomic E-state index is 15.0. The van der Waals surface area contributed by atoms with Gasteiger partial charge in [-0.3, -0.25) is 14.4 Å². The lowest BCUT2D eigenvalue weighted by Gasteiger charge is -2.42. The zero-order chi connectivity index (χ0) is 29.4. The number of carboxylic acid groups (broad SMARTS) is 1. The molecule has 226 valence electrons. The van der Waals surface area contributed by atoms with Crippen LogP contribution in [0.25, 0.3) is 0 Å². The molecule has 1 aromatic carbocycles. The Morgan fingerprint density at radius 3 is 2.34 bits per heavy atom. The van der Waals surface area contributed by atoms with E-state index in [4.69, 9.17) is 14.2 Å². The van der Waals surface area contributed by atoms with E-state index in [9.17, 15) is 23.9 Å². The molecular formula is C31H43FN2O7. The van der Waals surface area contributed by atoms with Crippen LogP contribution in [0.3, 0.4) is 0 Å². The molecule has 0 aromatic heterocycles. The van der Waals surface area contributed by atoms with E-state index in [0.717, 1.165) is 44.6 Å². The summed E-state index contributed by atoms with van der Waals surface area (Å²) < 4.78 is 31.7. The number of carbonyl (C=O) groups excluding carboxylic acids is 2. The number of amides is 2. The second-order valence-corrected chi connectivity index (χ2v) is 13.0. The number of benzene rings is 1. The SMILES string of the molecule is COCC1(CNC(=O)[C@H]2[C@@H]3CC[C@@H](C3)[C@H]2NC(=O)c2cc(O[C@H]3CC[C@@](C)(C(=O)O)CC3)c(F)cc2OC)CCC1. The van der Waals surface area contributed by atoms with Gasteiger partial charge in [-0.25, -0.2) is 4.39 Å². The molecule has 0 unspecified atom stereocenters. The van der Waals surface area contributed by atoms with Crippen molar-refractivity contribution in [3.63, 3.8) is 0 Å². The van der Waals surface area contributed by atoms with E-state index in [1.807, 2.05) is 0 Å². The van der Waals surface area contributed by atoms with Crippen LogP contribution in [0.4, 0.5) is 4.39 Å². The highest BCUT2D eigenvalue weighted by molar-refractivity contribution is 5.98. The van der Waals surface area contributed by atoms with Crippen molar-refractivity contribution in [3.8, 4) is 11.5 Å². The summed E-state index contributed by atoms with van der Waals surface area (Å²) in [7, 11) is 3.07. The Hall–Kier alpha value is -2.88. The predicted molar refractivity (Wildman–Crippen MR) is 148 cm³/mol. The summed E-state index contributed by atoms with van der Waals surface area (Å²) in [5.74, 6) is -1.80. The van der Waals surface area contributed by atoms with Crippen molar-refractivity contribution in [2.45, 2.75) is 83.3 Å². The summed E-state index contributed by atoms with van der Waals surface area (Å²) in [4.78, 5) is 38.6. The zero-order valence-corrected chi connectivity index (χ0v) is 24.3. The van der Waals surface area contributed by atoms with Crippen LogP contribution in [0.15, 0.2) is 12.1 Å². The molecule has 5 rings (SSSR count). The number of methoxy groups -OCH3 is 2. The van der Waals surface area contributed by atoms with Crippen LogP contribution in [-0.4, -0.2) is 62.4 Å². The van der Waals surface area contributed by atoms with Crippen LogP contribution in [0.2, 0.25) is 0 Å². The van der Waals surface area contributed by atoms with Crippen LogP contribution in [0, 0.1) is 34.4 Å². The summed E-state index contributed by atoms with van der Waals surface area (Å²) in [5, 5.41) is 15.8. The second kappa shape index (κ2) is 11.8. The predicted octanol–water partition coefficient (Wildman–Crippen LogP) is 4.32. The lowest BCUT2D eigenvalue weighted by molar-refractivity contribution is -0.150. The van der Waals surface area contributed by atoms with E-state index < -0.39 is 23.1 Å². The maximum Gasteiger partial charge on any atom is 0.309 e. The number of fused-ring (bicyclic) bond motifs is 2. The fourth-order valence-corrected chi connectivity index (χ4v) is 7.56. The van der Waals surface area contributed by atoms with Gasteiger partial charge in [0.2, 0.25) is 5.91 Å². The lowest BCUT2D eigenvalue weighted by Crippen LogP contribution is -2.52. The quantitative estimate of drug-likeness (QED) is 0.360. The number of aliphatic carboxylic acids is 1. The smallest absolute Gasteiger partial charge is 0.309 e.